The van der Waals surface area contributed by atoms with Crippen LogP contribution in [-0.2, 0) is 10.0 Å². The van der Waals surface area contributed by atoms with E-state index in [-0.39, 0.29) is 28.5 Å². The molecular weight excluding hydrogens is 472 g/mol. The highest BCUT2D eigenvalue weighted by atomic mass is 32.2. The van der Waals surface area contributed by atoms with Crippen molar-refractivity contribution in [2.75, 3.05) is 30.9 Å². The molecule has 3 aromatic rings. The highest BCUT2D eigenvalue weighted by Crippen LogP contribution is 2.22. The second-order valence-corrected chi connectivity index (χ2v) is 9.60. The Morgan fingerprint density at radius 2 is 1.66 bits per heavy atom. The molecule has 0 spiro atoms. The van der Waals surface area contributed by atoms with Crippen LogP contribution in [0.15, 0.2) is 59.5 Å². The molecule has 0 bridgehead atoms. The van der Waals surface area contributed by atoms with Crippen LogP contribution in [0.4, 0.5) is 11.5 Å². The Morgan fingerprint density at radius 3 is 2.26 bits per heavy atom. The molecule has 10 nitrogen and oxygen atoms in total. The molecule has 0 saturated heterocycles. The molecule has 1 aromatic heterocycles. The number of amides is 1. The van der Waals surface area contributed by atoms with Gasteiger partial charge in [-0.25, -0.2) is 8.42 Å². The zero-order valence-electron chi connectivity index (χ0n) is 19.9. The van der Waals surface area contributed by atoms with Crippen molar-refractivity contribution in [3.8, 4) is 17.6 Å². The first-order valence-corrected chi connectivity index (χ1v) is 12.3. The molecule has 35 heavy (non-hydrogen) atoms. The lowest BCUT2D eigenvalue weighted by molar-refractivity contribution is 0.102. The summed E-state index contributed by atoms with van der Waals surface area (Å²) in [7, 11) is -1.21. The molecule has 0 atom stereocenters. The van der Waals surface area contributed by atoms with E-state index in [2.05, 4.69) is 33.9 Å². The van der Waals surface area contributed by atoms with Gasteiger partial charge in [0.25, 0.3) is 15.9 Å². The maximum absolute atomic E-state index is 12.7. The fourth-order valence-corrected chi connectivity index (χ4v) is 3.88. The minimum absolute atomic E-state index is 0.0114. The number of carbonyl (C=O) groups excluding carboxylic acids is 1. The van der Waals surface area contributed by atoms with Crippen LogP contribution in [0.2, 0.25) is 0 Å². The molecule has 0 aliphatic rings. The molecule has 0 aliphatic carbocycles. The van der Waals surface area contributed by atoms with Crippen LogP contribution in [-0.4, -0.2) is 45.1 Å². The van der Waals surface area contributed by atoms with Crippen molar-refractivity contribution in [3.05, 3.63) is 60.2 Å². The summed E-state index contributed by atoms with van der Waals surface area (Å²) in [6, 6.07) is 13.9. The van der Waals surface area contributed by atoms with Gasteiger partial charge in [-0.2, -0.15) is 9.97 Å². The number of benzene rings is 2. The first kappa shape index (κ1) is 25.8. The van der Waals surface area contributed by atoms with Gasteiger partial charge in [0, 0.05) is 17.3 Å². The monoisotopic (exact) mass is 500 g/mol. The van der Waals surface area contributed by atoms with E-state index in [1.54, 1.807) is 24.3 Å². The third-order valence-electron chi connectivity index (χ3n) is 4.82. The Hall–Kier alpha value is -3.86. The van der Waals surface area contributed by atoms with Crippen molar-refractivity contribution in [1.82, 2.24) is 9.97 Å². The number of rotatable bonds is 11. The van der Waals surface area contributed by atoms with Crippen molar-refractivity contribution in [2.45, 2.75) is 25.2 Å². The number of nitrogens with one attached hydrogen (secondary N) is 2. The van der Waals surface area contributed by atoms with E-state index in [0.717, 1.165) is 6.42 Å². The predicted octanol–water partition coefficient (Wildman–Crippen LogP) is 3.97. The van der Waals surface area contributed by atoms with E-state index >= 15 is 0 Å². The SMILES string of the molecule is COc1cc(NS(=O)(=O)c2ccc(NC(=O)c3ccc(OCCC(C)C)cc3)cc2)nc(OC)n1. The lowest BCUT2D eigenvalue weighted by atomic mass is 10.1. The first-order valence-electron chi connectivity index (χ1n) is 10.8. The van der Waals surface area contributed by atoms with Gasteiger partial charge in [0.15, 0.2) is 5.82 Å². The van der Waals surface area contributed by atoms with Gasteiger partial charge in [-0.15, -0.1) is 0 Å². The molecule has 2 N–H and O–H groups in total. The minimum Gasteiger partial charge on any atom is -0.494 e. The van der Waals surface area contributed by atoms with E-state index in [0.29, 0.717) is 29.5 Å². The van der Waals surface area contributed by atoms with Crippen LogP contribution in [0.1, 0.15) is 30.6 Å². The fourth-order valence-electron chi connectivity index (χ4n) is 2.88. The number of ether oxygens (including phenoxy) is 3. The smallest absolute Gasteiger partial charge is 0.321 e. The fraction of sp³-hybridized carbons (Fsp3) is 0.292. The minimum atomic E-state index is -3.96. The van der Waals surface area contributed by atoms with Crippen LogP contribution in [0, 0.1) is 5.92 Å². The maximum Gasteiger partial charge on any atom is 0.321 e. The zero-order valence-corrected chi connectivity index (χ0v) is 20.8. The normalized spacial score (nSPS) is 11.1. The van der Waals surface area contributed by atoms with Crippen LogP contribution in [0.25, 0.3) is 0 Å². The Balaban J connectivity index is 1.63. The van der Waals surface area contributed by atoms with Crippen molar-refractivity contribution in [1.29, 1.82) is 0 Å². The van der Waals surface area contributed by atoms with Gasteiger partial charge in [0.2, 0.25) is 5.88 Å². The number of carbonyl (C=O) groups is 1. The average molecular weight is 501 g/mol. The number of hydrogen-bond donors (Lipinski definition) is 2. The van der Waals surface area contributed by atoms with E-state index in [1.165, 1.54) is 44.6 Å². The zero-order chi connectivity index (χ0) is 25.4. The van der Waals surface area contributed by atoms with Crippen molar-refractivity contribution >= 4 is 27.4 Å². The summed E-state index contributed by atoms with van der Waals surface area (Å²) in [5, 5.41) is 2.75. The van der Waals surface area contributed by atoms with Crippen molar-refractivity contribution in [2.24, 2.45) is 5.92 Å². The molecule has 1 heterocycles. The van der Waals surface area contributed by atoms with Crippen LogP contribution < -0.4 is 24.2 Å². The lowest BCUT2D eigenvalue weighted by Gasteiger charge is -2.11. The molecule has 0 aliphatic heterocycles. The topological polar surface area (TPSA) is 129 Å². The van der Waals surface area contributed by atoms with Gasteiger partial charge in [-0.1, -0.05) is 13.8 Å². The standard InChI is InChI=1S/C24H28N4O6S/c1-16(2)13-14-34-19-9-5-17(6-10-19)23(29)25-18-7-11-20(12-8-18)35(30,31)28-21-15-22(32-3)27-24(26-21)33-4/h5-12,15-16H,13-14H2,1-4H3,(H,25,29)(H,26,27,28). The molecule has 1 amide bonds. The highest BCUT2D eigenvalue weighted by Gasteiger charge is 2.17. The first-order chi connectivity index (χ1) is 16.7. The van der Waals surface area contributed by atoms with Gasteiger partial charge in [-0.3, -0.25) is 9.52 Å². The van der Waals surface area contributed by atoms with Crippen LogP contribution in [0.5, 0.6) is 17.6 Å². The van der Waals surface area contributed by atoms with Gasteiger partial charge in [0.05, 0.1) is 25.7 Å². The second kappa shape index (κ2) is 11.5. The number of anilines is 2. The number of hydrogen-bond acceptors (Lipinski definition) is 8. The molecule has 0 radical (unpaired) electrons. The summed E-state index contributed by atoms with van der Waals surface area (Å²) in [6.45, 7) is 4.87. The Morgan fingerprint density at radius 1 is 0.971 bits per heavy atom. The molecule has 0 saturated carbocycles. The summed E-state index contributed by atoms with van der Waals surface area (Å²) >= 11 is 0. The molecular formula is C24H28N4O6S. The van der Waals surface area contributed by atoms with Crippen molar-refractivity contribution < 1.29 is 27.4 Å². The molecule has 0 unspecified atom stereocenters. The predicted molar refractivity (Wildman–Crippen MR) is 132 cm³/mol. The van der Waals surface area contributed by atoms with Gasteiger partial charge >= 0.3 is 6.01 Å². The number of methoxy groups -OCH3 is 2. The largest absolute Gasteiger partial charge is 0.494 e. The summed E-state index contributed by atoms with van der Waals surface area (Å²) in [5.74, 6) is 1.05. The Labute approximate surface area is 204 Å². The maximum atomic E-state index is 12.7. The molecule has 11 heteroatoms. The third kappa shape index (κ3) is 7.31. The van der Waals surface area contributed by atoms with E-state index < -0.39 is 10.0 Å². The van der Waals surface area contributed by atoms with Crippen LogP contribution >= 0.6 is 0 Å². The summed E-state index contributed by atoms with van der Waals surface area (Å²) in [6.07, 6.45) is 0.949. The Kier molecular flexibility index (Phi) is 8.48. The quantitative estimate of drug-likeness (QED) is 0.405. The Bertz CT molecular complexity index is 1220. The molecule has 186 valence electrons. The van der Waals surface area contributed by atoms with Crippen LogP contribution in [0.3, 0.4) is 0 Å². The van der Waals surface area contributed by atoms with E-state index in [1.807, 2.05) is 0 Å². The number of aromatic nitrogens is 2. The summed E-state index contributed by atoms with van der Waals surface area (Å²) < 4.78 is 43.5. The van der Waals surface area contributed by atoms with Gasteiger partial charge in [-0.05, 0) is 60.9 Å². The number of nitrogens with zero attached hydrogens (tertiary/aromatic N) is 2. The van der Waals surface area contributed by atoms with E-state index in [9.17, 15) is 13.2 Å². The summed E-state index contributed by atoms with van der Waals surface area (Å²) in [4.78, 5) is 20.4. The van der Waals surface area contributed by atoms with E-state index in [4.69, 9.17) is 14.2 Å². The number of sulfonamides is 1. The van der Waals surface area contributed by atoms with Crippen molar-refractivity contribution in [3.63, 3.8) is 0 Å². The molecule has 2 aromatic carbocycles. The molecule has 3 rings (SSSR count). The third-order valence-corrected chi connectivity index (χ3v) is 6.19. The average Bonchev–Trinajstić information content (AvgIpc) is 2.84. The lowest BCUT2D eigenvalue weighted by Crippen LogP contribution is -2.15. The summed E-state index contributed by atoms with van der Waals surface area (Å²) in [5.41, 5.74) is 0.891. The molecule has 0 fully saturated rings. The second-order valence-electron chi connectivity index (χ2n) is 7.92. The highest BCUT2D eigenvalue weighted by molar-refractivity contribution is 7.92. The van der Waals surface area contributed by atoms with Gasteiger partial charge < -0.3 is 19.5 Å². The van der Waals surface area contributed by atoms with Gasteiger partial charge in [0.1, 0.15) is 5.75 Å².